The summed E-state index contributed by atoms with van der Waals surface area (Å²) in [5.41, 5.74) is 2.84. The number of rotatable bonds is 12. The lowest BCUT2D eigenvalue weighted by atomic mass is 9.86. The van der Waals surface area contributed by atoms with Crippen molar-refractivity contribution in [2.45, 2.75) is 30.2 Å². The van der Waals surface area contributed by atoms with Crippen LogP contribution in [0.5, 0.6) is 0 Å². The van der Waals surface area contributed by atoms with Crippen molar-refractivity contribution in [1.82, 2.24) is 14.9 Å². The first-order chi connectivity index (χ1) is 16.7. The molecule has 3 aromatic rings. The molecule has 0 bridgehead atoms. The molecule has 1 aromatic heterocycles. The number of nitrogens with zero attached hydrogens (tertiary/aromatic N) is 3. The van der Waals surface area contributed by atoms with Gasteiger partial charge in [0.2, 0.25) is 0 Å². The number of hydrogen-bond acceptors (Lipinski definition) is 7. The van der Waals surface area contributed by atoms with E-state index in [2.05, 4.69) is 14.9 Å². The summed E-state index contributed by atoms with van der Waals surface area (Å²) in [5.74, 6) is -0.978. The highest BCUT2D eigenvalue weighted by molar-refractivity contribution is 7.90. The number of sulfone groups is 1. The van der Waals surface area contributed by atoms with Crippen LogP contribution in [0, 0.1) is 5.82 Å². The van der Waals surface area contributed by atoms with E-state index < -0.39 is 15.8 Å². The maximum absolute atomic E-state index is 13.4. The van der Waals surface area contributed by atoms with Gasteiger partial charge in [0.05, 0.1) is 35.5 Å². The fourth-order valence-corrected chi connectivity index (χ4v) is 4.31. The van der Waals surface area contributed by atoms with Gasteiger partial charge in [0.25, 0.3) is 0 Å². The number of carbonyl (C=O) groups is 1. The van der Waals surface area contributed by atoms with Gasteiger partial charge in [0, 0.05) is 38.6 Å². The Hall–Kier alpha value is -3.01. The number of carbonyl (C=O) groups excluding carboxylic acids is 1. The molecule has 1 unspecified atom stereocenters. The van der Waals surface area contributed by atoms with Gasteiger partial charge in [-0.05, 0) is 48.9 Å². The summed E-state index contributed by atoms with van der Waals surface area (Å²) in [5, 5.41) is 0. The third kappa shape index (κ3) is 8.02. The van der Waals surface area contributed by atoms with Crippen molar-refractivity contribution in [2.24, 2.45) is 0 Å². The number of ketones is 1. The molecule has 0 spiro atoms. The van der Waals surface area contributed by atoms with Gasteiger partial charge < -0.3 is 4.74 Å². The predicted molar refractivity (Wildman–Crippen MR) is 131 cm³/mol. The number of Topliss-reactive ketones (excluding diaryl/α,β-unsaturated/α-hetero) is 1. The first kappa shape index (κ1) is 26.6. The van der Waals surface area contributed by atoms with Gasteiger partial charge in [0.15, 0.2) is 9.84 Å². The quantitative estimate of drug-likeness (QED) is 0.378. The van der Waals surface area contributed by atoms with Gasteiger partial charge in [-0.2, -0.15) is 0 Å². The lowest BCUT2D eigenvalue weighted by molar-refractivity contribution is -0.119. The van der Waals surface area contributed by atoms with Crippen LogP contribution in [0.15, 0.2) is 65.8 Å². The molecule has 0 aliphatic rings. The van der Waals surface area contributed by atoms with Crippen LogP contribution in [0.25, 0.3) is 0 Å². The summed E-state index contributed by atoms with van der Waals surface area (Å²) in [6.45, 7) is 2.00. The van der Waals surface area contributed by atoms with Crippen molar-refractivity contribution in [2.75, 3.05) is 33.6 Å². The van der Waals surface area contributed by atoms with Crippen LogP contribution in [0.2, 0.25) is 0 Å². The zero-order chi connectivity index (χ0) is 25.4. The van der Waals surface area contributed by atoms with Gasteiger partial charge in [-0.3, -0.25) is 19.7 Å². The van der Waals surface area contributed by atoms with Gasteiger partial charge >= 0.3 is 0 Å². The molecule has 3 rings (SSSR count). The van der Waals surface area contributed by atoms with Crippen molar-refractivity contribution in [3.63, 3.8) is 0 Å². The fourth-order valence-electron chi connectivity index (χ4n) is 3.68. The molecule has 0 saturated heterocycles. The predicted octanol–water partition coefficient (Wildman–Crippen LogP) is 3.24. The smallest absolute Gasteiger partial charge is 0.175 e. The Morgan fingerprint density at radius 3 is 2.23 bits per heavy atom. The Labute approximate surface area is 205 Å². The number of likely N-dealkylation sites (N-methyl/N-ethyl adjacent to an activating group) is 1. The highest BCUT2D eigenvalue weighted by atomic mass is 32.2. The molecule has 1 atom stereocenters. The lowest BCUT2D eigenvalue weighted by Crippen LogP contribution is -2.23. The molecular weight excluding hydrogens is 469 g/mol. The van der Waals surface area contributed by atoms with Crippen molar-refractivity contribution >= 4 is 15.6 Å². The van der Waals surface area contributed by atoms with Crippen molar-refractivity contribution in [3.05, 3.63) is 89.3 Å². The first-order valence-corrected chi connectivity index (χ1v) is 13.1. The molecule has 0 N–H and O–H groups in total. The molecule has 0 aliphatic heterocycles. The summed E-state index contributed by atoms with van der Waals surface area (Å²) < 4.78 is 42.1. The van der Waals surface area contributed by atoms with Crippen molar-refractivity contribution < 1.29 is 22.3 Å². The topological polar surface area (TPSA) is 89.5 Å². The number of hydrogen-bond donors (Lipinski definition) is 0. The minimum absolute atomic E-state index is 0.0759. The maximum Gasteiger partial charge on any atom is 0.175 e. The zero-order valence-corrected chi connectivity index (χ0v) is 21.0. The van der Waals surface area contributed by atoms with Gasteiger partial charge in [-0.15, -0.1) is 0 Å². The molecule has 0 radical (unpaired) electrons. The highest BCUT2D eigenvalue weighted by Gasteiger charge is 2.23. The molecule has 7 nitrogen and oxygen atoms in total. The Balaban J connectivity index is 1.78. The van der Waals surface area contributed by atoms with E-state index in [1.165, 1.54) is 24.3 Å². The average Bonchev–Trinajstić information content (AvgIpc) is 2.83. The molecule has 186 valence electrons. The van der Waals surface area contributed by atoms with Crippen LogP contribution in [-0.2, 0) is 38.8 Å². The molecule has 0 amide bonds. The Morgan fingerprint density at radius 1 is 1.03 bits per heavy atom. The number of benzene rings is 2. The number of methoxy groups -OCH3 is 1. The molecule has 9 heteroatoms. The second-order valence-corrected chi connectivity index (χ2v) is 10.6. The van der Waals surface area contributed by atoms with E-state index in [9.17, 15) is 17.6 Å². The number of aromatic nitrogens is 2. The summed E-state index contributed by atoms with van der Waals surface area (Å²) in [6.07, 6.45) is 4.85. The monoisotopic (exact) mass is 499 g/mol. The first-order valence-electron chi connectivity index (χ1n) is 11.2. The van der Waals surface area contributed by atoms with E-state index in [-0.39, 0.29) is 22.9 Å². The number of ether oxygens (including phenoxy) is 1. The van der Waals surface area contributed by atoms with Crippen LogP contribution >= 0.6 is 0 Å². The Morgan fingerprint density at radius 2 is 1.66 bits per heavy atom. The van der Waals surface area contributed by atoms with Gasteiger partial charge in [0.1, 0.15) is 11.6 Å². The average molecular weight is 500 g/mol. The van der Waals surface area contributed by atoms with Crippen LogP contribution in [0.1, 0.15) is 28.4 Å². The highest BCUT2D eigenvalue weighted by Crippen LogP contribution is 2.25. The molecule has 0 fully saturated rings. The molecule has 0 aliphatic carbocycles. The van der Waals surface area contributed by atoms with Crippen LogP contribution in [0.4, 0.5) is 4.39 Å². The standard InChI is InChI=1S/C26H30FN3O4S/c1-30(12-13-34-2)18-23-17-28-22(16-29-23)15-26(31)25(14-19-4-8-21(27)9-5-19)20-6-10-24(11-7-20)35(3,32)33/h4-11,16-17,25H,12-15,18H2,1-3H3. The molecule has 35 heavy (non-hydrogen) atoms. The van der Waals surface area contributed by atoms with E-state index in [0.717, 1.165) is 24.1 Å². The van der Waals surface area contributed by atoms with Crippen molar-refractivity contribution in [1.29, 1.82) is 0 Å². The van der Waals surface area contributed by atoms with Gasteiger partial charge in [-0.1, -0.05) is 24.3 Å². The third-order valence-corrected chi connectivity index (χ3v) is 6.80. The lowest BCUT2D eigenvalue weighted by Gasteiger charge is -2.17. The molecule has 1 heterocycles. The largest absolute Gasteiger partial charge is 0.383 e. The second kappa shape index (κ2) is 12.1. The second-order valence-electron chi connectivity index (χ2n) is 8.60. The molecule has 2 aromatic carbocycles. The van der Waals surface area contributed by atoms with Crippen LogP contribution in [0.3, 0.4) is 0 Å². The van der Waals surface area contributed by atoms with Gasteiger partial charge in [-0.25, -0.2) is 12.8 Å². The van der Waals surface area contributed by atoms with E-state index >= 15 is 0 Å². The summed E-state index contributed by atoms with van der Waals surface area (Å²) in [7, 11) is 0.270. The van der Waals surface area contributed by atoms with Crippen LogP contribution in [-0.4, -0.2) is 62.6 Å². The summed E-state index contributed by atoms with van der Waals surface area (Å²) in [6, 6.07) is 12.3. The Bertz CT molecular complexity index is 1210. The normalized spacial score (nSPS) is 12.6. The van der Waals surface area contributed by atoms with E-state index in [1.807, 2.05) is 7.05 Å². The maximum atomic E-state index is 13.4. The minimum atomic E-state index is -3.35. The number of halogens is 1. The van der Waals surface area contributed by atoms with E-state index in [4.69, 9.17) is 4.74 Å². The van der Waals surface area contributed by atoms with E-state index in [1.54, 1.807) is 43.8 Å². The summed E-state index contributed by atoms with van der Waals surface area (Å²) >= 11 is 0. The Kier molecular flexibility index (Phi) is 9.20. The van der Waals surface area contributed by atoms with Crippen molar-refractivity contribution in [3.8, 4) is 0 Å². The fraction of sp³-hybridized carbons (Fsp3) is 0.346. The molecule has 0 saturated carbocycles. The zero-order valence-electron chi connectivity index (χ0n) is 20.1. The third-order valence-electron chi connectivity index (χ3n) is 5.68. The minimum Gasteiger partial charge on any atom is -0.383 e. The SMILES string of the molecule is COCCN(C)Cc1cnc(CC(=O)C(Cc2ccc(F)cc2)c2ccc(S(C)(=O)=O)cc2)cn1. The van der Waals surface area contributed by atoms with E-state index in [0.29, 0.717) is 30.8 Å². The van der Waals surface area contributed by atoms with Crippen LogP contribution < -0.4 is 0 Å². The summed E-state index contributed by atoms with van der Waals surface area (Å²) in [4.78, 5) is 24.5. The molecular formula is C26H30FN3O4S.